The summed E-state index contributed by atoms with van der Waals surface area (Å²) < 4.78 is 4.95. The van der Waals surface area contributed by atoms with E-state index in [-0.39, 0.29) is 0 Å². The summed E-state index contributed by atoms with van der Waals surface area (Å²) in [4.78, 5) is 10.8. The molecule has 2 N–H and O–H groups in total. The number of hydrogen-bond acceptors (Lipinski definition) is 3. The van der Waals surface area contributed by atoms with Crippen molar-refractivity contribution in [2.24, 2.45) is 5.73 Å². The van der Waals surface area contributed by atoms with Crippen LogP contribution in [-0.2, 0) is 0 Å². The largest absolute Gasteiger partial charge is 0.364 e. The van der Waals surface area contributed by atoms with Crippen LogP contribution in [0.25, 0.3) is 10.1 Å². The third-order valence-corrected chi connectivity index (χ3v) is 2.44. The first-order valence-corrected chi connectivity index (χ1v) is 4.20. The Balaban J connectivity index is 2.79. The average molecular weight is 178 g/mol. The van der Waals surface area contributed by atoms with Gasteiger partial charge < -0.3 is 5.73 Å². The standard InChI is InChI=1S/C8H6N2OS/c9-8(11)7-5-3-1-2-4-6(5)12-10-7/h1-4H,(H2,9,11). The first-order valence-electron chi connectivity index (χ1n) is 3.43. The zero-order chi connectivity index (χ0) is 8.55. The maximum Gasteiger partial charge on any atom is 0.269 e. The molecule has 0 aliphatic carbocycles. The molecule has 60 valence electrons. The lowest BCUT2D eigenvalue weighted by molar-refractivity contribution is 0.0998. The van der Waals surface area contributed by atoms with Crippen molar-refractivity contribution >= 4 is 27.5 Å². The van der Waals surface area contributed by atoms with Crippen molar-refractivity contribution in [3.63, 3.8) is 0 Å². The van der Waals surface area contributed by atoms with E-state index < -0.39 is 5.91 Å². The molecule has 0 atom stereocenters. The topological polar surface area (TPSA) is 56.0 Å². The quantitative estimate of drug-likeness (QED) is 0.717. The summed E-state index contributed by atoms with van der Waals surface area (Å²) in [7, 11) is 0. The summed E-state index contributed by atoms with van der Waals surface area (Å²) in [6.45, 7) is 0. The van der Waals surface area contributed by atoms with Gasteiger partial charge in [0.1, 0.15) is 5.69 Å². The van der Waals surface area contributed by atoms with Crippen LogP contribution in [0.3, 0.4) is 0 Å². The second-order valence-corrected chi connectivity index (χ2v) is 3.20. The van der Waals surface area contributed by atoms with E-state index >= 15 is 0 Å². The molecule has 0 radical (unpaired) electrons. The Morgan fingerprint density at radius 2 is 2.17 bits per heavy atom. The lowest BCUT2D eigenvalue weighted by Crippen LogP contribution is -2.11. The average Bonchev–Trinajstić information content (AvgIpc) is 2.47. The van der Waals surface area contributed by atoms with Gasteiger partial charge >= 0.3 is 0 Å². The highest BCUT2D eigenvalue weighted by atomic mass is 32.1. The van der Waals surface area contributed by atoms with E-state index in [1.165, 1.54) is 11.5 Å². The summed E-state index contributed by atoms with van der Waals surface area (Å²) in [5.74, 6) is -0.465. The summed E-state index contributed by atoms with van der Waals surface area (Å²) in [6.07, 6.45) is 0. The van der Waals surface area contributed by atoms with E-state index in [1.54, 1.807) is 0 Å². The molecule has 2 aromatic rings. The summed E-state index contributed by atoms with van der Waals surface area (Å²) in [5, 5.41) is 0.843. The maximum absolute atomic E-state index is 10.8. The summed E-state index contributed by atoms with van der Waals surface area (Å²) >= 11 is 1.29. The van der Waals surface area contributed by atoms with Crippen LogP contribution < -0.4 is 5.73 Å². The molecule has 1 aromatic carbocycles. The number of nitrogens with two attached hydrogens (primary N) is 1. The van der Waals surface area contributed by atoms with Gasteiger partial charge in [-0.3, -0.25) is 4.79 Å². The van der Waals surface area contributed by atoms with Gasteiger partial charge in [-0.2, -0.15) is 4.37 Å². The zero-order valence-electron chi connectivity index (χ0n) is 6.15. The Kier molecular flexibility index (Phi) is 1.55. The molecule has 0 spiro atoms. The third-order valence-electron chi connectivity index (χ3n) is 1.61. The van der Waals surface area contributed by atoms with Gasteiger partial charge in [-0.05, 0) is 17.6 Å². The molecule has 1 heterocycles. The number of carbonyl (C=O) groups excluding carboxylic acids is 1. The minimum atomic E-state index is -0.465. The van der Waals surface area contributed by atoms with Gasteiger partial charge in [0.05, 0.1) is 4.70 Å². The number of benzene rings is 1. The molecule has 0 saturated carbocycles. The molecule has 0 bridgehead atoms. The van der Waals surface area contributed by atoms with Crippen LogP contribution in [0.5, 0.6) is 0 Å². The molecule has 2 rings (SSSR count). The van der Waals surface area contributed by atoms with Crippen LogP contribution in [0, 0.1) is 0 Å². The number of nitrogens with zero attached hydrogens (tertiary/aromatic N) is 1. The number of rotatable bonds is 1. The predicted octanol–water partition coefficient (Wildman–Crippen LogP) is 1.40. The second kappa shape index (κ2) is 2.57. The first kappa shape index (κ1) is 7.24. The molecular weight excluding hydrogens is 172 g/mol. The molecule has 0 unspecified atom stereocenters. The van der Waals surface area contributed by atoms with Crippen molar-refractivity contribution in [3.05, 3.63) is 30.0 Å². The predicted molar refractivity (Wildman–Crippen MR) is 48.1 cm³/mol. The Morgan fingerprint density at radius 1 is 1.42 bits per heavy atom. The van der Waals surface area contributed by atoms with Crippen molar-refractivity contribution in [2.45, 2.75) is 0 Å². The minimum Gasteiger partial charge on any atom is -0.364 e. The SMILES string of the molecule is NC(=O)c1nsc2ccccc12. The van der Waals surface area contributed by atoms with Gasteiger partial charge in [0.15, 0.2) is 0 Å². The summed E-state index contributed by atoms with van der Waals surface area (Å²) in [5.41, 5.74) is 5.50. The van der Waals surface area contributed by atoms with Crippen LogP contribution >= 0.6 is 11.5 Å². The van der Waals surface area contributed by atoms with Crippen molar-refractivity contribution in [1.29, 1.82) is 0 Å². The lowest BCUT2D eigenvalue weighted by Gasteiger charge is -1.88. The van der Waals surface area contributed by atoms with E-state index in [2.05, 4.69) is 4.37 Å². The fourth-order valence-electron chi connectivity index (χ4n) is 1.06. The minimum absolute atomic E-state index is 0.371. The van der Waals surface area contributed by atoms with Crippen LogP contribution in [0.2, 0.25) is 0 Å². The fourth-order valence-corrected chi connectivity index (χ4v) is 1.84. The maximum atomic E-state index is 10.8. The molecule has 0 aliphatic rings. The van der Waals surface area contributed by atoms with E-state index in [9.17, 15) is 4.79 Å². The number of hydrogen-bond donors (Lipinski definition) is 1. The zero-order valence-corrected chi connectivity index (χ0v) is 6.97. The Hall–Kier alpha value is -1.42. The highest BCUT2D eigenvalue weighted by molar-refractivity contribution is 7.13. The van der Waals surface area contributed by atoms with Crippen molar-refractivity contribution in [1.82, 2.24) is 4.37 Å². The van der Waals surface area contributed by atoms with Gasteiger partial charge in [0, 0.05) is 5.39 Å². The van der Waals surface area contributed by atoms with Gasteiger partial charge in [0.25, 0.3) is 5.91 Å². The van der Waals surface area contributed by atoms with E-state index in [1.807, 2.05) is 24.3 Å². The van der Waals surface area contributed by atoms with Gasteiger partial charge in [0.2, 0.25) is 0 Å². The molecule has 4 heteroatoms. The van der Waals surface area contributed by atoms with E-state index in [4.69, 9.17) is 5.73 Å². The van der Waals surface area contributed by atoms with Gasteiger partial charge in [-0.15, -0.1) is 0 Å². The second-order valence-electron chi connectivity index (χ2n) is 2.39. The molecule has 1 amide bonds. The van der Waals surface area contributed by atoms with Crippen molar-refractivity contribution in [3.8, 4) is 0 Å². The number of carbonyl (C=O) groups is 1. The van der Waals surface area contributed by atoms with Gasteiger partial charge in [-0.25, -0.2) is 0 Å². The van der Waals surface area contributed by atoms with Crippen LogP contribution in [0.4, 0.5) is 0 Å². The highest BCUT2D eigenvalue weighted by Gasteiger charge is 2.09. The summed E-state index contributed by atoms with van der Waals surface area (Å²) in [6, 6.07) is 7.53. The molecule has 3 nitrogen and oxygen atoms in total. The first-order chi connectivity index (χ1) is 5.79. The Bertz CT molecular complexity index is 435. The number of primary amides is 1. The normalized spacial score (nSPS) is 10.3. The number of amides is 1. The van der Waals surface area contributed by atoms with Crippen molar-refractivity contribution < 1.29 is 4.79 Å². The molecule has 0 aliphatic heterocycles. The fraction of sp³-hybridized carbons (Fsp3) is 0. The molecule has 0 fully saturated rings. The van der Waals surface area contributed by atoms with Crippen molar-refractivity contribution in [2.75, 3.05) is 0 Å². The molecule has 12 heavy (non-hydrogen) atoms. The smallest absolute Gasteiger partial charge is 0.269 e. The molecule has 1 aromatic heterocycles. The number of aromatic nitrogens is 1. The molecular formula is C8H6N2OS. The van der Waals surface area contributed by atoms with E-state index in [0.717, 1.165) is 10.1 Å². The van der Waals surface area contributed by atoms with Crippen LogP contribution in [-0.4, -0.2) is 10.3 Å². The number of fused-ring (bicyclic) bond motifs is 1. The lowest BCUT2D eigenvalue weighted by atomic mass is 10.2. The molecule has 0 saturated heterocycles. The third kappa shape index (κ3) is 0.967. The van der Waals surface area contributed by atoms with E-state index in [0.29, 0.717) is 5.69 Å². The van der Waals surface area contributed by atoms with Crippen LogP contribution in [0.15, 0.2) is 24.3 Å². The highest BCUT2D eigenvalue weighted by Crippen LogP contribution is 2.21. The monoisotopic (exact) mass is 178 g/mol. The Morgan fingerprint density at radius 3 is 2.92 bits per heavy atom. The van der Waals surface area contributed by atoms with Gasteiger partial charge in [-0.1, -0.05) is 18.2 Å². The Labute approximate surface area is 73.0 Å². The van der Waals surface area contributed by atoms with Crippen LogP contribution in [0.1, 0.15) is 10.5 Å².